The second kappa shape index (κ2) is 10.6. The van der Waals surface area contributed by atoms with E-state index in [-0.39, 0.29) is 29.9 Å². The molecule has 2 aliphatic heterocycles. The predicted octanol–water partition coefficient (Wildman–Crippen LogP) is 1.18. The summed E-state index contributed by atoms with van der Waals surface area (Å²) < 4.78 is 0. The molecule has 1 atom stereocenters. The number of piperazine rings is 1. The van der Waals surface area contributed by atoms with Gasteiger partial charge in [-0.3, -0.25) is 9.79 Å². The van der Waals surface area contributed by atoms with Gasteiger partial charge in [-0.2, -0.15) is 0 Å². The molecule has 0 spiro atoms. The van der Waals surface area contributed by atoms with Crippen LogP contribution in [0.1, 0.15) is 26.2 Å². The Bertz CT molecular complexity index is 619. The first-order valence-corrected chi connectivity index (χ1v) is 9.48. The summed E-state index contributed by atoms with van der Waals surface area (Å²) in [6.45, 7) is 7.53. The van der Waals surface area contributed by atoms with E-state index in [2.05, 4.69) is 31.7 Å². The van der Waals surface area contributed by atoms with Crippen LogP contribution in [0.3, 0.4) is 0 Å². The molecular formula is C18H30IN7O. The number of nitrogens with zero attached hydrogens (tertiary/aromatic N) is 6. The molecule has 3 heterocycles. The van der Waals surface area contributed by atoms with Crippen molar-refractivity contribution >= 4 is 41.8 Å². The summed E-state index contributed by atoms with van der Waals surface area (Å²) >= 11 is 0. The van der Waals surface area contributed by atoms with Gasteiger partial charge in [0, 0.05) is 58.1 Å². The summed E-state index contributed by atoms with van der Waals surface area (Å²) in [6, 6.07) is 1.81. The lowest BCUT2D eigenvalue weighted by molar-refractivity contribution is -0.131. The summed E-state index contributed by atoms with van der Waals surface area (Å²) in [5, 5.41) is 0. The summed E-state index contributed by atoms with van der Waals surface area (Å²) in [4.78, 5) is 31.5. The van der Waals surface area contributed by atoms with Crippen LogP contribution in [0, 0.1) is 5.92 Å². The highest BCUT2D eigenvalue weighted by atomic mass is 127. The largest absolute Gasteiger partial charge is 0.370 e. The van der Waals surface area contributed by atoms with Gasteiger partial charge in [0.1, 0.15) is 0 Å². The van der Waals surface area contributed by atoms with Gasteiger partial charge in [0.05, 0.1) is 6.54 Å². The fourth-order valence-corrected chi connectivity index (χ4v) is 3.53. The number of carbonyl (C=O) groups is 1. The molecule has 2 N–H and O–H groups in total. The van der Waals surface area contributed by atoms with E-state index in [1.54, 1.807) is 18.5 Å². The molecule has 0 aromatic carbocycles. The van der Waals surface area contributed by atoms with Crippen molar-refractivity contribution in [1.29, 1.82) is 0 Å². The summed E-state index contributed by atoms with van der Waals surface area (Å²) in [5.74, 6) is 2.11. The van der Waals surface area contributed by atoms with Gasteiger partial charge in [-0.25, -0.2) is 9.97 Å². The Kier molecular flexibility index (Phi) is 8.52. The number of rotatable bonds is 4. The van der Waals surface area contributed by atoms with Crippen molar-refractivity contribution in [3.05, 3.63) is 18.5 Å². The second-order valence-corrected chi connectivity index (χ2v) is 7.10. The van der Waals surface area contributed by atoms with E-state index < -0.39 is 0 Å². The number of aromatic nitrogens is 2. The third-order valence-corrected chi connectivity index (χ3v) is 5.05. The molecule has 9 heteroatoms. The maximum Gasteiger partial charge on any atom is 0.225 e. The van der Waals surface area contributed by atoms with Crippen molar-refractivity contribution in [2.75, 3.05) is 50.7 Å². The number of halogens is 1. The number of hydrogen-bond donors (Lipinski definition) is 1. The van der Waals surface area contributed by atoms with Gasteiger partial charge in [-0.15, -0.1) is 24.0 Å². The molecule has 0 radical (unpaired) electrons. The number of anilines is 1. The van der Waals surface area contributed by atoms with Gasteiger partial charge >= 0.3 is 0 Å². The smallest absolute Gasteiger partial charge is 0.225 e. The van der Waals surface area contributed by atoms with Crippen LogP contribution in [0.4, 0.5) is 5.95 Å². The normalized spacial score (nSPS) is 21.0. The molecule has 1 aromatic rings. The van der Waals surface area contributed by atoms with Crippen molar-refractivity contribution in [2.24, 2.45) is 16.6 Å². The number of likely N-dealkylation sites (tertiary alicyclic amines) is 1. The average Bonchev–Trinajstić information content (AvgIpc) is 2.68. The van der Waals surface area contributed by atoms with Crippen molar-refractivity contribution in [3.8, 4) is 0 Å². The molecule has 1 unspecified atom stereocenters. The molecule has 1 amide bonds. The number of aliphatic imine (C=N–C) groups is 1. The molecule has 0 bridgehead atoms. The van der Waals surface area contributed by atoms with Gasteiger partial charge in [0.2, 0.25) is 11.9 Å². The first-order valence-electron chi connectivity index (χ1n) is 9.48. The highest BCUT2D eigenvalue weighted by Gasteiger charge is 2.22. The minimum absolute atomic E-state index is 0. The van der Waals surface area contributed by atoms with E-state index in [1.165, 1.54) is 6.42 Å². The van der Waals surface area contributed by atoms with Crippen LogP contribution in [0.25, 0.3) is 0 Å². The molecule has 27 heavy (non-hydrogen) atoms. The van der Waals surface area contributed by atoms with E-state index in [1.807, 2.05) is 4.90 Å². The monoisotopic (exact) mass is 487 g/mol. The maximum absolute atomic E-state index is 12.4. The molecule has 2 aliphatic rings. The zero-order chi connectivity index (χ0) is 18.4. The van der Waals surface area contributed by atoms with Crippen LogP contribution in [0.15, 0.2) is 23.5 Å². The lowest BCUT2D eigenvalue weighted by atomic mass is 10.0. The van der Waals surface area contributed by atoms with E-state index in [0.29, 0.717) is 37.9 Å². The van der Waals surface area contributed by atoms with Crippen LogP contribution < -0.4 is 10.6 Å². The topological polar surface area (TPSA) is 91.0 Å². The predicted molar refractivity (Wildman–Crippen MR) is 117 cm³/mol. The van der Waals surface area contributed by atoms with E-state index in [9.17, 15) is 4.79 Å². The third-order valence-electron chi connectivity index (χ3n) is 5.05. The number of carbonyl (C=O) groups excluding carboxylic acids is 1. The van der Waals surface area contributed by atoms with Crippen molar-refractivity contribution in [1.82, 2.24) is 19.8 Å². The Morgan fingerprint density at radius 3 is 2.56 bits per heavy atom. The van der Waals surface area contributed by atoms with Crippen LogP contribution in [0.2, 0.25) is 0 Å². The molecule has 0 saturated carbocycles. The van der Waals surface area contributed by atoms with Gasteiger partial charge in [0.15, 0.2) is 5.96 Å². The Morgan fingerprint density at radius 2 is 1.89 bits per heavy atom. The van der Waals surface area contributed by atoms with Gasteiger partial charge in [-0.05, 0) is 24.8 Å². The number of nitrogens with two attached hydrogens (primary N) is 1. The van der Waals surface area contributed by atoms with Crippen molar-refractivity contribution in [2.45, 2.75) is 26.2 Å². The molecule has 0 aliphatic carbocycles. The standard InChI is InChI=1S/C18H29N7O.HI/c1-15-4-2-9-25(14-15)17(19)20-8-5-16(26)23-10-12-24(13-11-23)18-21-6-3-7-22-18;/h3,6-7,15H,2,4-5,8-14H2,1H3,(H2,19,20);1H. The molecule has 2 fully saturated rings. The van der Waals surface area contributed by atoms with Gasteiger partial charge in [0.25, 0.3) is 0 Å². The summed E-state index contributed by atoms with van der Waals surface area (Å²) in [6.07, 6.45) is 6.30. The molecular weight excluding hydrogens is 457 g/mol. The Morgan fingerprint density at radius 1 is 1.19 bits per heavy atom. The van der Waals surface area contributed by atoms with E-state index in [0.717, 1.165) is 38.5 Å². The Hall–Kier alpha value is -1.65. The third kappa shape index (κ3) is 6.18. The first-order chi connectivity index (χ1) is 12.6. The van der Waals surface area contributed by atoms with E-state index in [4.69, 9.17) is 5.73 Å². The first kappa shape index (κ1) is 21.6. The molecule has 8 nitrogen and oxygen atoms in total. The quantitative estimate of drug-likeness (QED) is 0.390. The zero-order valence-corrected chi connectivity index (χ0v) is 18.3. The number of amides is 1. The minimum atomic E-state index is 0. The lowest BCUT2D eigenvalue weighted by Crippen LogP contribution is -2.49. The number of guanidine groups is 1. The molecule has 1 aromatic heterocycles. The van der Waals surface area contributed by atoms with Crippen LogP contribution in [-0.4, -0.2) is 77.4 Å². The second-order valence-electron chi connectivity index (χ2n) is 7.10. The van der Waals surface area contributed by atoms with Gasteiger partial charge in [-0.1, -0.05) is 6.92 Å². The van der Waals surface area contributed by atoms with Crippen LogP contribution in [-0.2, 0) is 4.79 Å². The number of piperidine rings is 1. The number of hydrogen-bond acceptors (Lipinski definition) is 5. The highest BCUT2D eigenvalue weighted by Crippen LogP contribution is 2.15. The highest BCUT2D eigenvalue weighted by molar-refractivity contribution is 14.0. The maximum atomic E-state index is 12.4. The molecule has 3 rings (SSSR count). The fourth-order valence-electron chi connectivity index (χ4n) is 3.53. The van der Waals surface area contributed by atoms with E-state index >= 15 is 0 Å². The minimum Gasteiger partial charge on any atom is -0.370 e. The molecule has 150 valence electrons. The van der Waals surface area contributed by atoms with Crippen LogP contribution in [0.5, 0.6) is 0 Å². The SMILES string of the molecule is CC1CCCN(C(N)=NCCC(=O)N2CCN(c3ncccn3)CC2)C1.I. The van der Waals surface area contributed by atoms with Crippen LogP contribution >= 0.6 is 24.0 Å². The Labute approximate surface area is 178 Å². The van der Waals surface area contributed by atoms with Crippen molar-refractivity contribution < 1.29 is 4.79 Å². The lowest BCUT2D eigenvalue weighted by Gasteiger charge is -2.34. The zero-order valence-electron chi connectivity index (χ0n) is 16.0. The Balaban J connectivity index is 0.00000261. The van der Waals surface area contributed by atoms with Crippen molar-refractivity contribution in [3.63, 3.8) is 0 Å². The fraction of sp³-hybridized carbons (Fsp3) is 0.667. The summed E-state index contributed by atoms with van der Waals surface area (Å²) in [7, 11) is 0. The average molecular weight is 487 g/mol. The molecule has 2 saturated heterocycles. The van der Waals surface area contributed by atoms with Gasteiger partial charge < -0.3 is 20.4 Å². The summed E-state index contributed by atoms with van der Waals surface area (Å²) in [5.41, 5.74) is 6.09.